The third-order valence-electron chi connectivity index (χ3n) is 3.37. The van der Waals surface area contributed by atoms with Crippen molar-refractivity contribution in [1.29, 1.82) is 0 Å². The lowest BCUT2D eigenvalue weighted by molar-refractivity contribution is -0.122. The van der Waals surface area contributed by atoms with E-state index in [1.54, 1.807) is 37.3 Å². The first-order chi connectivity index (χ1) is 12.0. The van der Waals surface area contributed by atoms with Gasteiger partial charge in [0.1, 0.15) is 5.75 Å². The van der Waals surface area contributed by atoms with Gasteiger partial charge in [-0.1, -0.05) is 11.8 Å². The summed E-state index contributed by atoms with van der Waals surface area (Å²) in [5, 5.41) is 2.68. The van der Waals surface area contributed by atoms with Crippen LogP contribution in [0.5, 0.6) is 17.2 Å². The molecule has 2 aromatic rings. The molecule has 25 heavy (non-hydrogen) atoms. The molecular formula is C17H15F2NO4S. The molecule has 1 heterocycles. The second-order valence-electron chi connectivity index (χ2n) is 5.17. The molecule has 0 saturated heterocycles. The molecule has 0 fully saturated rings. The van der Waals surface area contributed by atoms with Gasteiger partial charge >= 0.3 is 0 Å². The average molecular weight is 367 g/mol. The zero-order valence-corrected chi connectivity index (χ0v) is 14.0. The van der Waals surface area contributed by atoms with Gasteiger partial charge in [0.05, 0.1) is 0 Å². The third-order valence-corrected chi connectivity index (χ3v) is 4.10. The highest BCUT2D eigenvalue weighted by atomic mass is 32.2. The van der Waals surface area contributed by atoms with E-state index in [1.165, 1.54) is 12.1 Å². The van der Waals surface area contributed by atoms with Gasteiger partial charge in [0.15, 0.2) is 17.6 Å². The zero-order chi connectivity index (χ0) is 17.8. The van der Waals surface area contributed by atoms with Crippen LogP contribution in [0.15, 0.2) is 47.4 Å². The summed E-state index contributed by atoms with van der Waals surface area (Å²) in [6.45, 7) is 1.77. The summed E-state index contributed by atoms with van der Waals surface area (Å²) in [6, 6.07) is 11.2. The van der Waals surface area contributed by atoms with Crippen molar-refractivity contribution < 1.29 is 27.8 Å². The number of nitrogens with one attached hydrogen (secondary N) is 1. The molecule has 1 atom stereocenters. The molecule has 0 aromatic heterocycles. The summed E-state index contributed by atoms with van der Waals surface area (Å²) in [4.78, 5) is 12.6. The number of hydrogen-bond donors (Lipinski definition) is 1. The van der Waals surface area contributed by atoms with Crippen LogP contribution < -0.4 is 19.5 Å². The maximum Gasteiger partial charge on any atom is 0.288 e. The van der Waals surface area contributed by atoms with Crippen molar-refractivity contribution in [1.82, 2.24) is 0 Å². The molecule has 0 unspecified atom stereocenters. The van der Waals surface area contributed by atoms with E-state index in [1.807, 2.05) is 0 Å². The Hall–Kier alpha value is -2.48. The van der Waals surface area contributed by atoms with Crippen LogP contribution in [0.1, 0.15) is 6.92 Å². The van der Waals surface area contributed by atoms with E-state index in [2.05, 4.69) is 5.32 Å². The smallest absolute Gasteiger partial charge is 0.288 e. The molecule has 1 aliphatic rings. The minimum atomic E-state index is -2.48. The van der Waals surface area contributed by atoms with Crippen molar-refractivity contribution in [2.75, 3.05) is 12.1 Å². The normalized spacial score (nSPS) is 13.6. The van der Waals surface area contributed by atoms with Crippen molar-refractivity contribution in [2.45, 2.75) is 23.7 Å². The summed E-state index contributed by atoms with van der Waals surface area (Å²) in [5.74, 6) is -1.15. The molecule has 3 rings (SSSR count). The number of ether oxygens (including phenoxy) is 3. The second kappa shape index (κ2) is 7.60. The lowest BCUT2D eigenvalue weighted by Gasteiger charge is -2.15. The lowest BCUT2D eigenvalue weighted by Crippen LogP contribution is -2.30. The fraction of sp³-hybridized carbons (Fsp3) is 0.235. The highest BCUT2D eigenvalue weighted by Gasteiger charge is 2.18. The van der Waals surface area contributed by atoms with Crippen LogP contribution in [-0.2, 0) is 4.79 Å². The van der Waals surface area contributed by atoms with Crippen molar-refractivity contribution >= 4 is 23.4 Å². The number of alkyl halides is 2. The molecule has 1 N–H and O–H groups in total. The molecule has 5 nitrogen and oxygen atoms in total. The monoisotopic (exact) mass is 367 g/mol. The van der Waals surface area contributed by atoms with Crippen molar-refractivity contribution in [3.63, 3.8) is 0 Å². The average Bonchev–Trinajstić information content (AvgIpc) is 3.03. The van der Waals surface area contributed by atoms with E-state index in [0.717, 1.165) is 0 Å². The highest BCUT2D eigenvalue weighted by molar-refractivity contribution is 7.99. The van der Waals surface area contributed by atoms with Gasteiger partial charge in [0, 0.05) is 16.6 Å². The predicted molar refractivity (Wildman–Crippen MR) is 89.6 cm³/mol. The maximum absolute atomic E-state index is 12.3. The van der Waals surface area contributed by atoms with Gasteiger partial charge in [-0.05, 0) is 43.3 Å². The van der Waals surface area contributed by atoms with Crippen LogP contribution in [0, 0.1) is 0 Å². The molecule has 0 bridgehead atoms. The van der Waals surface area contributed by atoms with Gasteiger partial charge in [-0.15, -0.1) is 0 Å². The first-order valence-corrected chi connectivity index (χ1v) is 8.31. The topological polar surface area (TPSA) is 56.8 Å². The number of carbonyl (C=O) groups is 1. The SMILES string of the molecule is C[C@@H](Oc1ccc2c(c1)OCO2)C(=O)Nc1ccc(SC(F)F)cc1. The number of rotatable bonds is 6. The van der Waals surface area contributed by atoms with Crippen LogP contribution in [0.25, 0.3) is 0 Å². The summed E-state index contributed by atoms with van der Waals surface area (Å²) in [7, 11) is 0. The quantitative estimate of drug-likeness (QED) is 0.778. The summed E-state index contributed by atoms with van der Waals surface area (Å²) in [6.07, 6.45) is -0.754. The minimum Gasteiger partial charge on any atom is -0.481 e. The van der Waals surface area contributed by atoms with Crippen LogP contribution in [0.4, 0.5) is 14.5 Å². The van der Waals surface area contributed by atoms with Crippen molar-refractivity contribution in [2.24, 2.45) is 0 Å². The molecule has 8 heteroatoms. The maximum atomic E-state index is 12.3. The second-order valence-corrected chi connectivity index (χ2v) is 6.23. The van der Waals surface area contributed by atoms with Crippen molar-refractivity contribution in [3.05, 3.63) is 42.5 Å². The Morgan fingerprint density at radius 2 is 1.88 bits per heavy atom. The van der Waals surface area contributed by atoms with Gasteiger partial charge in [-0.25, -0.2) is 0 Å². The molecule has 0 saturated carbocycles. The fourth-order valence-electron chi connectivity index (χ4n) is 2.17. The number of carbonyl (C=O) groups excluding carboxylic acids is 1. The fourth-order valence-corrected chi connectivity index (χ4v) is 2.67. The predicted octanol–water partition coefficient (Wildman–Crippen LogP) is 4.14. The van der Waals surface area contributed by atoms with Gasteiger partial charge < -0.3 is 19.5 Å². The third kappa shape index (κ3) is 4.54. The molecule has 1 aliphatic heterocycles. The van der Waals surface area contributed by atoms with E-state index in [-0.39, 0.29) is 12.7 Å². The Bertz CT molecular complexity index is 755. The zero-order valence-electron chi connectivity index (χ0n) is 13.2. The van der Waals surface area contributed by atoms with Crippen LogP contribution in [0.3, 0.4) is 0 Å². The molecule has 1 amide bonds. The number of fused-ring (bicyclic) bond motifs is 1. The van der Waals surface area contributed by atoms with E-state index in [0.29, 0.717) is 39.6 Å². The number of amides is 1. The minimum absolute atomic E-state index is 0.161. The Balaban J connectivity index is 1.57. The highest BCUT2D eigenvalue weighted by Crippen LogP contribution is 2.35. The molecule has 0 spiro atoms. The van der Waals surface area contributed by atoms with Crippen LogP contribution in [-0.4, -0.2) is 24.6 Å². The number of benzene rings is 2. The summed E-state index contributed by atoms with van der Waals surface area (Å²) < 4.78 is 40.6. The Morgan fingerprint density at radius 1 is 1.16 bits per heavy atom. The summed E-state index contributed by atoms with van der Waals surface area (Å²) in [5.41, 5.74) is 0.504. The van der Waals surface area contributed by atoms with E-state index >= 15 is 0 Å². The van der Waals surface area contributed by atoms with Crippen LogP contribution >= 0.6 is 11.8 Å². The number of anilines is 1. The van der Waals surface area contributed by atoms with E-state index in [4.69, 9.17) is 14.2 Å². The first-order valence-electron chi connectivity index (χ1n) is 7.43. The molecule has 0 aliphatic carbocycles. The van der Waals surface area contributed by atoms with E-state index in [9.17, 15) is 13.6 Å². The first kappa shape index (κ1) is 17.3. The van der Waals surface area contributed by atoms with E-state index < -0.39 is 11.9 Å². The van der Waals surface area contributed by atoms with Crippen LogP contribution in [0.2, 0.25) is 0 Å². The van der Waals surface area contributed by atoms with Gasteiger partial charge in [-0.2, -0.15) is 8.78 Å². The van der Waals surface area contributed by atoms with Gasteiger partial charge in [0.2, 0.25) is 6.79 Å². The number of thioether (sulfide) groups is 1. The Kier molecular flexibility index (Phi) is 5.28. The van der Waals surface area contributed by atoms with Gasteiger partial charge in [0.25, 0.3) is 11.7 Å². The molecule has 0 radical (unpaired) electrons. The molecule has 132 valence electrons. The Labute approximate surface area is 147 Å². The summed E-state index contributed by atoms with van der Waals surface area (Å²) >= 11 is 0.451. The molecular weight excluding hydrogens is 352 g/mol. The Morgan fingerprint density at radius 3 is 2.60 bits per heavy atom. The van der Waals surface area contributed by atoms with Crippen molar-refractivity contribution in [3.8, 4) is 17.2 Å². The van der Waals surface area contributed by atoms with Gasteiger partial charge in [-0.3, -0.25) is 4.79 Å². The number of hydrogen-bond acceptors (Lipinski definition) is 5. The lowest BCUT2D eigenvalue weighted by atomic mass is 10.2. The molecule has 2 aromatic carbocycles. The standard InChI is InChI=1S/C17H15F2NO4S/c1-10(24-12-4-7-14-15(8-12)23-9-22-14)16(21)20-11-2-5-13(6-3-11)25-17(18)19/h2-8,10,17H,9H2,1H3,(H,20,21)/t10-/m1/s1. The largest absolute Gasteiger partial charge is 0.481 e. The number of halogens is 2.